The third-order valence-electron chi connectivity index (χ3n) is 4.84. The number of hydrogen-bond donors (Lipinski definition) is 0. The van der Waals surface area contributed by atoms with Crippen LogP contribution in [0.2, 0.25) is 5.02 Å². The van der Waals surface area contributed by atoms with E-state index in [1.54, 1.807) is 41.5 Å². The summed E-state index contributed by atoms with van der Waals surface area (Å²) in [6, 6.07) is 19.2. The largest absolute Gasteiger partial charge is 0.486 e. The van der Waals surface area contributed by atoms with E-state index in [1.165, 1.54) is 0 Å². The summed E-state index contributed by atoms with van der Waals surface area (Å²) in [4.78, 5) is 4.80. The molecule has 0 aliphatic heterocycles. The molecule has 34 heavy (non-hydrogen) atoms. The lowest BCUT2D eigenvalue weighted by Crippen LogP contribution is -2.09. The number of aromatic nitrogens is 4. The van der Waals surface area contributed by atoms with Crippen molar-refractivity contribution in [1.82, 2.24) is 19.7 Å². The molecule has 0 unspecified atom stereocenters. The van der Waals surface area contributed by atoms with Crippen molar-refractivity contribution < 1.29 is 9.15 Å². The SMILES string of the molecule is Clc1ccc(OCc2nnc(SCc3csc(-c4cccc(Br)c4)n3)n2Cc2ccco2)cc1. The smallest absolute Gasteiger partial charge is 0.192 e. The van der Waals surface area contributed by atoms with E-state index in [0.29, 0.717) is 28.9 Å². The second kappa shape index (κ2) is 10.8. The number of benzene rings is 2. The van der Waals surface area contributed by atoms with E-state index >= 15 is 0 Å². The fraction of sp³-hybridized carbons (Fsp3) is 0.125. The molecule has 172 valence electrons. The van der Waals surface area contributed by atoms with Gasteiger partial charge in [-0.1, -0.05) is 51.4 Å². The average molecular weight is 574 g/mol. The number of thioether (sulfide) groups is 1. The molecule has 0 radical (unpaired) electrons. The number of rotatable bonds is 9. The van der Waals surface area contributed by atoms with Gasteiger partial charge in [-0.3, -0.25) is 4.57 Å². The Balaban J connectivity index is 1.31. The highest BCUT2D eigenvalue weighted by atomic mass is 79.9. The molecule has 0 atom stereocenters. The van der Waals surface area contributed by atoms with Gasteiger partial charge < -0.3 is 9.15 Å². The highest BCUT2D eigenvalue weighted by molar-refractivity contribution is 9.10. The second-order valence-corrected chi connectivity index (χ2v) is 10.4. The van der Waals surface area contributed by atoms with Crippen LogP contribution in [0.25, 0.3) is 10.6 Å². The molecule has 10 heteroatoms. The Bertz CT molecular complexity index is 1370. The van der Waals surface area contributed by atoms with Gasteiger partial charge >= 0.3 is 0 Å². The summed E-state index contributed by atoms with van der Waals surface area (Å²) >= 11 is 12.7. The Morgan fingerprint density at radius 2 is 1.97 bits per heavy atom. The fourth-order valence-electron chi connectivity index (χ4n) is 3.19. The molecule has 0 N–H and O–H groups in total. The van der Waals surface area contributed by atoms with Crippen molar-refractivity contribution in [1.29, 1.82) is 0 Å². The first-order valence-electron chi connectivity index (χ1n) is 10.3. The van der Waals surface area contributed by atoms with Crippen molar-refractivity contribution in [2.75, 3.05) is 0 Å². The summed E-state index contributed by atoms with van der Waals surface area (Å²) < 4.78 is 14.5. The Morgan fingerprint density at radius 1 is 1.09 bits per heavy atom. The Labute approximate surface area is 218 Å². The lowest BCUT2D eigenvalue weighted by Gasteiger charge is -2.10. The standard InChI is InChI=1S/C24H18BrClN4O2S2/c25-17-4-1-3-16(11-17)23-27-19(14-33-23)15-34-24-29-28-22(30(24)12-21-5-2-10-31-21)13-32-20-8-6-18(26)7-9-20/h1-11,14H,12-13,15H2. The molecular weight excluding hydrogens is 556 g/mol. The maximum absolute atomic E-state index is 5.96. The number of hydrogen-bond acceptors (Lipinski definition) is 7. The van der Waals surface area contributed by atoms with Crippen LogP contribution in [0, 0.1) is 0 Å². The minimum Gasteiger partial charge on any atom is -0.486 e. The lowest BCUT2D eigenvalue weighted by molar-refractivity contribution is 0.287. The zero-order valence-electron chi connectivity index (χ0n) is 17.7. The second-order valence-electron chi connectivity index (χ2n) is 7.25. The van der Waals surface area contributed by atoms with Gasteiger partial charge in [0.25, 0.3) is 0 Å². The molecule has 3 heterocycles. The van der Waals surface area contributed by atoms with E-state index in [-0.39, 0.29) is 6.61 Å². The molecule has 0 amide bonds. The van der Waals surface area contributed by atoms with E-state index in [9.17, 15) is 0 Å². The van der Waals surface area contributed by atoms with Gasteiger partial charge in [0.2, 0.25) is 0 Å². The summed E-state index contributed by atoms with van der Waals surface area (Å²) in [6.45, 7) is 0.793. The van der Waals surface area contributed by atoms with Crippen molar-refractivity contribution in [3.8, 4) is 16.3 Å². The average Bonchev–Trinajstić information content (AvgIpc) is 3.60. The van der Waals surface area contributed by atoms with Crippen LogP contribution in [0.5, 0.6) is 5.75 Å². The van der Waals surface area contributed by atoms with Crippen LogP contribution < -0.4 is 4.74 Å². The van der Waals surface area contributed by atoms with Crippen LogP contribution in [-0.4, -0.2) is 19.7 Å². The number of ether oxygens (including phenoxy) is 1. The van der Waals surface area contributed by atoms with Crippen LogP contribution in [0.3, 0.4) is 0 Å². The highest BCUT2D eigenvalue weighted by Gasteiger charge is 2.16. The number of halogens is 2. The minimum absolute atomic E-state index is 0.277. The molecule has 6 nitrogen and oxygen atoms in total. The number of nitrogens with zero attached hydrogens (tertiary/aromatic N) is 4. The molecule has 0 aliphatic rings. The maximum Gasteiger partial charge on any atom is 0.192 e. The van der Waals surface area contributed by atoms with Crippen LogP contribution >= 0.6 is 50.6 Å². The molecule has 0 fully saturated rings. The van der Waals surface area contributed by atoms with Gasteiger partial charge in [-0.05, 0) is 48.5 Å². The van der Waals surface area contributed by atoms with Gasteiger partial charge in [-0.2, -0.15) is 0 Å². The summed E-state index contributed by atoms with van der Waals surface area (Å²) in [5.74, 6) is 2.93. The van der Waals surface area contributed by atoms with Crippen LogP contribution in [0.4, 0.5) is 0 Å². The third-order valence-corrected chi connectivity index (χ3v) is 7.53. The molecule has 0 bridgehead atoms. The fourth-order valence-corrected chi connectivity index (χ4v) is 5.49. The number of thiazole rings is 1. The van der Waals surface area contributed by atoms with Crippen LogP contribution in [0.15, 0.2) is 86.4 Å². The molecular formula is C24H18BrClN4O2S2. The quantitative estimate of drug-likeness (QED) is 0.172. The molecule has 2 aromatic carbocycles. The highest BCUT2D eigenvalue weighted by Crippen LogP contribution is 2.29. The predicted molar refractivity (Wildman–Crippen MR) is 138 cm³/mol. The van der Waals surface area contributed by atoms with E-state index in [2.05, 4.69) is 43.6 Å². The predicted octanol–water partition coefficient (Wildman–Crippen LogP) is 7.33. The third kappa shape index (κ3) is 5.72. The first-order valence-corrected chi connectivity index (χ1v) is 13.3. The molecule has 5 aromatic rings. The van der Waals surface area contributed by atoms with Crippen molar-refractivity contribution in [3.05, 3.63) is 99.1 Å². The first-order chi connectivity index (χ1) is 16.6. The van der Waals surface area contributed by atoms with E-state index in [0.717, 1.165) is 31.7 Å². The van der Waals surface area contributed by atoms with E-state index < -0.39 is 0 Å². The summed E-state index contributed by atoms with van der Waals surface area (Å²) in [5.41, 5.74) is 2.09. The Hall–Kier alpha value is -2.59. The normalized spacial score (nSPS) is 11.1. The lowest BCUT2D eigenvalue weighted by atomic mass is 10.2. The Morgan fingerprint density at radius 3 is 2.76 bits per heavy atom. The van der Waals surface area contributed by atoms with Gasteiger partial charge in [0.1, 0.15) is 23.1 Å². The summed E-state index contributed by atoms with van der Waals surface area (Å²) in [6.07, 6.45) is 1.66. The van der Waals surface area contributed by atoms with Crippen LogP contribution in [0.1, 0.15) is 17.3 Å². The zero-order valence-corrected chi connectivity index (χ0v) is 21.7. The van der Waals surface area contributed by atoms with Gasteiger partial charge in [0.15, 0.2) is 11.0 Å². The van der Waals surface area contributed by atoms with Crippen molar-refractivity contribution in [2.24, 2.45) is 0 Å². The van der Waals surface area contributed by atoms with Crippen molar-refractivity contribution >= 4 is 50.6 Å². The molecule has 3 aromatic heterocycles. The molecule has 0 saturated carbocycles. The monoisotopic (exact) mass is 572 g/mol. The Kier molecular flexibility index (Phi) is 7.34. The van der Waals surface area contributed by atoms with Gasteiger partial charge in [-0.25, -0.2) is 4.98 Å². The number of furan rings is 1. The molecule has 0 spiro atoms. The van der Waals surface area contributed by atoms with Crippen LogP contribution in [-0.2, 0) is 18.9 Å². The van der Waals surface area contributed by atoms with Gasteiger partial charge in [0.05, 0.1) is 18.5 Å². The molecule has 0 saturated heterocycles. The van der Waals surface area contributed by atoms with Gasteiger partial charge in [-0.15, -0.1) is 21.5 Å². The zero-order chi connectivity index (χ0) is 23.3. The minimum atomic E-state index is 0.277. The summed E-state index contributed by atoms with van der Waals surface area (Å²) in [5, 5.41) is 13.3. The maximum atomic E-state index is 5.96. The molecule has 5 rings (SSSR count). The first kappa shape index (κ1) is 23.2. The van der Waals surface area contributed by atoms with E-state index in [4.69, 9.17) is 25.7 Å². The van der Waals surface area contributed by atoms with Crippen molar-refractivity contribution in [2.45, 2.75) is 24.1 Å². The molecule has 0 aliphatic carbocycles. The van der Waals surface area contributed by atoms with Gasteiger partial charge in [0, 0.05) is 26.2 Å². The summed E-state index contributed by atoms with van der Waals surface area (Å²) in [7, 11) is 0. The van der Waals surface area contributed by atoms with Crippen molar-refractivity contribution in [3.63, 3.8) is 0 Å². The van der Waals surface area contributed by atoms with E-state index in [1.807, 2.05) is 41.0 Å². The topological polar surface area (TPSA) is 66.0 Å².